The van der Waals surface area contributed by atoms with Gasteiger partial charge in [0, 0.05) is 25.7 Å². The van der Waals surface area contributed by atoms with E-state index in [1.54, 1.807) is 7.11 Å². The third-order valence-electron chi connectivity index (χ3n) is 2.66. The Bertz CT molecular complexity index is 140. The van der Waals surface area contributed by atoms with Gasteiger partial charge >= 0.3 is 0 Å². The van der Waals surface area contributed by atoms with E-state index < -0.39 is 0 Å². The fourth-order valence-electron chi connectivity index (χ4n) is 1.95. The zero-order valence-corrected chi connectivity index (χ0v) is 11.0. The number of ether oxygens (including phenoxy) is 1. The predicted octanol–water partition coefficient (Wildman–Crippen LogP) is 1.73. The molecule has 0 spiro atoms. The molecule has 3 nitrogen and oxygen atoms in total. The van der Waals surface area contributed by atoms with Gasteiger partial charge < -0.3 is 10.1 Å². The Kier molecular flexibility index (Phi) is 9.06. The summed E-state index contributed by atoms with van der Waals surface area (Å²) < 4.78 is 5.29. The SMILES string of the molecule is CCCNCC(COC)N(CC)C(C)C. The van der Waals surface area contributed by atoms with Crippen molar-refractivity contribution in [2.45, 2.75) is 46.2 Å². The highest BCUT2D eigenvalue weighted by Gasteiger charge is 2.18. The van der Waals surface area contributed by atoms with E-state index >= 15 is 0 Å². The first-order valence-electron chi connectivity index (χ1n) is 6.12. The maximum absolute atomic E-state index is 5.29. The zero-order chi connectivity index (χ0) is 11.7. The van der Waals surface area contributed by atoms with E-state index in [0.29, 0.717) is 12.1 Å². The number of hydrogen-bond acceptors (Lipinski definition) is 3. The minimum atomic E-state index is 0.492. The van der Waals surface area contributed by atoms with E-state index in [1.165, 1.54) is 6.42 Å². The molecule has 0 aliphatic heterocycles. The van der Waals surface area contributed by atoms with Crippen LogP contribution in [-0.4, -0.2) is 50.3 Å². The van der Waals surface area contributed by atoms with Crippen molar-refractivity contribution in [3.05, 3.63) is 0 Å². The van der Waals surface area contributed by atoms with Crippen LogP contribution in [0.5, 0.6) is 0 Å². The molecule has 92 valence electrons. The van der Waals surface area contributed by atoms with E-state index in [2.05, 4.69) is 37.9 Å². The number of nitrogens with one attached hydrogen (secondary N) is 1. The minimum absolute atomic E-state index is 0.492. The average molecular weight is 216 g/mol. The fourth-order valence-corrected chi connectivity index (χ4v) is 1.95. The van der Waals surface area contributed by atoms with Crippen LogP contribution in [0.3, 0.4) is 0 Å². The third kappa shape index (κ3) is 6.13. The van der Waals surface area contributed by atoms with E-state index in [4.69, 9.17) is 4.74 Å². The highest BCUT2D eigenvalue weighted by atomic mass is 16.5. The van der Waals surface area contributed by atoms with Crippen molar-refractivity contribution in [1.29, 1.82) is 0 Å². The second-order valence-corrected chi connectivity index (χ2v) is 4.24. The molecular formula is C12H28N2O. The van der Waals surface area contributed by atoms with Crippen LogP contribution in [-0.2, 0) is 4.74 Å². The highest BCUT2D eigenvalue weighted by molar-refractivity contribution is 4.75. The summed E-state index contributed by atoms with van der Waals surface area (Å²) >= 11 is 0. The van der Waals surface area contributed by atoms with Crippen LogP contribution in [0.4, 0.5) is 0 Å². The van der Waals surface area contributed by atoms with Crippen molar-refractivity contribution >= 4 is 0 Å². The molecule has 0 heterocycles. The summed E-state index contributed by atoms with van der Waals surface area (Å²) in [4.78, 5) is 2.48. The van der Waals surface area contributed by atoms with E-state index in [0.717, 1.165) is 26.2 Å². The molecule has 1 unspecified atom stereocenters. The lowest BCUT2D eigenvalue weighted by atomic mass is 10.2. The molecule has 0 radical (unpaired) electrons. The summed E-state index contributed by atoms with van der Waals surface area (Å²) in [7, 11) is 1.78. The number of methoxy groups -OCH3 is 1. The van der Waals surface area contributed by atoms with Gasteiger partial charge in [0.1, 0.15) is 0 Å². The molecule has 0 aliphatic rings. The lowest BCUT2D eigenvalue weighted by molar-refractivity contribution is 0.0735. The van der Waals surface area contributed by atoms with Gasteiger partial charge in [0.25, 0.3) is 0 Å². The molecule has 15 heavy (non-hydrogen) atoms. The van der Waals surface area contributed by atoms with Gasteiger partial charge in [-0.25, -0.2) is 0 Å². The molecule has 1 N–H and O–H groups in total. The Morgan fingerprint density at radius 1 is 1.27 bits per heavy atom. The van der Waals surface area contributed by atoms with Crippen molar-refractivity contribution in [1.82, 2.24) is 10.2 Å². The Morgan fingerprint density at radius 2 is 1.93 bits per heavy atom. The molecular weight excluding hydrogens is 188 g/mol. The van der Waals surface area contributed by atoms with Gasteiger partial charge in [-0.15, -0.1) is 0 Å². The van der Waals surface area contributed by atoms with E-state index in [9.17, 15) is 0 Å². The van der Waals surface area contributed by atoms with Crippen molar-refractivity contribution < 1.29 is 4.74 Å². The molecule has 0 aromatic heterocycles. The Morgan fingerprint density at radius 3 is 2.33 bits per heavy atom. The second kappa shape index (κ2) is 9.13. The second-order valence-electron chi connectivity index (χ2n) is 4.24. The molecule has 0 aromatic rings. The number of hydrogen-bond donors (Lipinski definition) is 1. The quantitative estimate of drug-likeness (QED) is 0.594. The summed E-state index contributed by atoms with van der Waals surface area (Å²) in [5.41, 5.74) is 0. The predicted molar refractivity (Wildman–Crippen MR) is 66.3 cm³/mol. The maximum Gasteiger partial charge on any atom is 0.0630 e. The van der Waals surface area contributed by atoms with Crippen molar-refractivity contribution in [3.63, 3.8) is 0 Å². The highest BCUT2D eigenvalue weighted by Crippen LogP contribution is 2.05. The van der Waals surface area contributed by atoms with Crippen LogP contribution in [0.25, 0.3) is 0 Å². The first-order valence-corrected chi connectivity index (χ1v) is 6.12. The lowest BCUT2D eigenvalue weighted by Crippen LogP contribution is -2.48. The van der Waals surface area contributed by atoms with Crippen molar-refractivity contribution in [3.8, 4) is 0 Å². The molecule has 0 saturated carbocycles. The van der Waals surface area contributed by atoms with E-state index in [-0.39, 0.29) is 0 Å². The van der Waals surface area contributed by atoms with Crippen molar-refractivity contribution in [2.75, 3.05) is 33.4 Å². The van der Waals surface area contributed by atoms with Crippen LogP contribution >= 0.6 is 0 Å². The topological polar surface area (TPSA) is 24.5 Å². The maximum atomic E-state index is 5.29. The molecule has 0 aliphatic carbocycles. The number of nitrogens with zero attached hydrogens (tertiary/aromatic N) is 1. The van der Waals surface area contributed by atoms with Gasteiger partial charge in [0.2, 0.25) is 0 Å². The molecule has 0 bridgehead atoms. The summed E-state index contributed by atoms with van der Waals surface area (Å²) in [6.45, 7) is 12.9. The van der Waals surface area contributed by atoms with Gasteiger partial charge in [-0.1, -0.05) is 13.8 Å². The van der Waals surface area contributed by atoms with Crippen LogP contribution in [0.15, 0.2) is 0 Å². The average Bonchev–Trinajstić information content (AvgIpc) is 2.18. The molecule has 0 aromatic carbocycles. The molecule has 3 heteroatoms. The minimum Gasteiger partial charge on any atom is -0.383 e. The summed E-state index contributed by atoms with van der Waals surface area (Å²) in [6, 6.07) is 1.07. The summed E-state index contributed by atoms with van der Waals surface area (Å²) in [5, 5.41) is 3.47. The standard InChI is InChI=1S/C12H28N2O/c1-6-8-13-9-12(10-15-5)14(7-2)11(3)4/h11-13H,6-10H2,1-5H3. The Balaban J connectivity index is 4.08. The number of likely N-dealkylation sites (N-methyl/N-ethyl adjacent to an activating group) is 1. The van der Waals surface area contributed by atoms with Gasteiger partial charge in [-0.05, 0) is 33.4 Å². The van der Waals surface area contributed by atoms with Crippen LogP contribution in [0, 0.1) is 0 Å². The van der Waals surface area contributed by atoms with Gasteiger partial charge in [0.15, 0.2) is 0 Å². The molecule has 0 amide bonds. The third-order valence-corrected chi connectivity index (χ3v) is 2.66. The smallest absolute Gasteiger partial charge is 0.0630 e. The first kappa shape index (κ1) is 14.9. The van der Waals surface area contributed by atoms with Gasteiger partial charge in [0.05, 0.1) is 6.61 Å². The van der Waals surface area contributed by atoms with Crippen LogP contribution in [0.1, 0.15) is 34.1 Å². The Labute approximate surface area is 95.2 Å². The first-order chi connectivity index (χ1) is 7.17. The normalized spacial score (nSPS) is 13.8. The van der Waals surface area contributed by atoms with Crippen molar-refractivity contribution in [2.24, 2.45) is 0 Å². The van der Waals surface area contributed by atoms with Gasteiger partial charge in [-0.2, -0.15) is 0 Å². The molecule has 0 fully saturated rings. The summed E-state index contributed by atoms with van der Waals surface area (Å²) in [5.74, 6) is 0. The number of rotatable bonds is 9. The summed E-state index contributed by atoms with van der Waals surface area (Å²) in [6.07, 6.45) is 1.19. The zero-order valence-electron chi connectivity index (χ0n) is 11.0. The molecule has 0 saturated heterocycles. The Hall–Kier alpha value is -0.120. The largest absolute Gasteiger partial charge is 0.383 e. The van der Waals surface area contributed by atoms with Gasteiger partial charge in [-0.3, -0.25) is 4.90 Å². The van der Waals surface area contributed by atoms with Crippen LogP contribution < -0.4 is 5.32 Å². The monoisotopic (exact) mass is 216 g/mol. The lowest BCUT2D eigenvalue weighted by Gasteiger charge is -2.33. The molecule has 1 atom stereocenters. The molecule has 0 rings (SSSR count). The van der Waals surface area contributed by atoms with Crippen LogP contribution in [0.2, 0.25) is 0 Å². The van der Waals surface area contributed by atoms with E-state index in [1.807, 2.05) is 0 Å². The fraction of sp³-hybridized carbons (Fsp3) is 1.00.